The number of nitrogens with zero attached hydrogens (tertiary/aromatic N) is 4. The van der Waals surface area contributed by atoms with E-state index in [1.807, 2.05) is 30.3 Å². The van der Waals surface area contributed by atoms with E-state index in [1.165, 1.54) is 12.4 Å². The maximum atomic E-state index is 12.3. The molecule has 1 aromatic heterocycles. The molecule has 1 aliphatic heterocycles. The molecule has 2 amide bonds. The number of carbonyl (C=O) groups is 1. The number of urea groups is 1. The molecule has 0 saturated carbocycles. The fourth-order valence-electron chi connectivity index (χ4n) is 2.87. The predicted molar refractivity (Wildman–Crippen MR) is 97.4 cm³/mol. The smallest absolute Gasteiger partial charge is 0.317 e. The van der Waals surface area contributed by atoms with Gasteiger partial charge in [-0.05, 0) is 24.1 Å². The van der Waals surface area contributed by atoms with E-state index < -0.39 is 0 Å². The van der Waals surface area contributed by atoms with Crippen LogP contribution in [0.15, 0.2) is 36.7 Å². The maximum Gasteiger partial charge on any atom is 0.317 e. The zero-order chi connectivity index (χ0) is 19.1. The largest absolute Gasteiger partial charge is 0.497 e. The number of benzene rings is 1. The van der Waals surface area contributed by atoms with Crippen LogP contribution in [0.4, 0.5) is 4.79 Å². The Bertz CT molecular complexity index is 819. The summed E-state index contributed by atoms with van der Waals surface area (Å²) >= 11 is 0. The number of rotatable bonds is 6. The molecule has 3 rings (SSSR count). The predicted octanol–water partition coefficient (Wildman–Crippen LogP) is 1.76. The summed E-state index contributed by atoms with van der Waals surface area (Å²) in [7, 11) is 1.63. The maximum absolute atomic E-state index is 12.3. The Labute approximate surface area is 157 Å². The van der Waals surface area contributed by atoms with Gasteiger partial charge in [0.15, 0.2) is 0 Å². The second-order valence-electron chi connectivity index (χ2n) is 6.13. The van der Waals surface area contributed by atoms with Crippen molar-refractivity contribution in [3.8, 4) is 17.7 Å². The minimum Gasteiger partial charge on any atom is -0.497 e. The lowest BCUT2D eigenvalue weighted by atomic mass is 10.1. The fourth-order valence-corrected chi connectivity index (χ4v) is 2.87. The summed E-state index contributed by atoms with van der Waals surface area (Å²) in [6.07, 6.45) is 4.17. The molecule has 27 heavy (non-hydrogen) atoms. The first-order valence-electron chi connectivity index (χ1n) is 8.73. The minimum absolute atomic E-state index is 0.116. The van der Waals surface area contributed by atoms with Crippen molar-refractivity contribution in [3.63, 3.8) is 0 Å². The zero-order valence-electron chi connectivity index (χ0n) is 15.1. The third-order valence-corrected chi connectivity index (χ3v) is 4.33. The van der Waals surface area contributed by atoms with Crippen LogP contribution in [0, 0.1) is 11.3 Å². The summed E-state index contributed by atoms with van der Waals surface area (Å²) in [6.45, 7) is 1.60. The van der Waals surface area contributed by atoms with Crippen LogP contribution in [0.2, 0.25) is 0 Å². The molecule has 1 fully saturated rings. The van der Waals surface area contributed by atoms with Crippen molar-refractivity contribution in [1.29, 1.82) is 5.26 Å². The molecule has 8 heteroatoms. The topological polar surface area (TPSA) is 100 Å². The number of carbonyl (C=O) groups excluding carboxylic acids is 1. The summed E-state index contributed by atoms with van der Waals surface area (Å²) in [5.74, 6) is 1.03. The molecule has 8 nitrogen and oxygen atoms in total. The number of methoxy groups -OCH3 is 1. The van der Waals surface area contributed by atoms with E-state index in [9.17, 15) is 4.79 Å². The number of hydrogen-bond acceptors (Lipinski definition) is 6. The molecule has 0 aliphatic carbocycles. The van der Waals surface area contributed by atoms with Gasteiger partial charge in [0, 0.05) is 31.9 Å². The van der Waals surface area contributed by atoms with Crippen molar-refractivity contribution in [3.05, 3.63) is 47.9 Å². The number of likely N-dealkylation sites (tertiary alicyclic amines) is 1. The Morgan fingerprint density at radius 1 is 1.33 bits per heavy atom. The van der Waals surface area contributed by atoms with E-state index in [2.05, 4.69) is 15.3 Å². The van der Waals surface area contributed by atoms with Crippen LogP contribution in [0.3, 0.4) is 0 Å². The minimum atomic E-state index is -0.193. The van der Waals surface area contributed by atoms with Gasteiger partial charge in [-0.1, -0.05) is 12.1 Å². The average molecular weight is 367 g/mol. The summed E-state index contributed by atoms with van der Waals surface area (Å²) < 4.78 is 10.9. The van der Waals surface area contributed by atoms with Crippen molar-refractivity contribution in [2.75, 3.05) is 26.7 Å². The molecular formula is C19H21N5O3. The summed E-state index contributed by atoms with van der Waals surface area (Å²) in [5.41, 5.74) is 1.28. The first kappa shape index (κ1) is 18.5. The van der Waals surface area contributed by atoms with Crippen molar-refractivity contribution in [2.24, 2.45) is 0 Å². The van der Waals surface area contributed by atoms with E-state index in [0.29, 0.717) is 26.1 Å². The molecule has 140 valence electrons. The second kappa shape index (κ2) is 8.85. The molecule has 1 atom stereocenters. The summed E-state index contributed by atoms with van der Waals surface area (Å²) in [6, 6.07) is 9.62. The number of hydrogen-bond donors (Lipinski definition) is 1. The Morgan fingerprint density at radius 3 is 2.85 bits per heavy atom. The van der Waals surface area contributed by atoms with E-state index >= 15 is 0 Å². The number of aromatic nitrogens is 2. The molecule has 1 aliphatic rings. The molecule has 0 bridgehead atoms. The average Bonchev–Trinajstić information content (AvgIpc) is 3.17. The molecule has 1 N–H and O–H groups in total. The molecule has 0 spiro atoms. The fraction of sp³-hybridized carbons (Fsp3) is 0.368. The Morgan fingerprint density at radius 2 is 2.11 bits per heavy atom. The highest BCUT2D eigenvalue weighted by Crippen LogP contribution is 2.18. The van der Waals surface area contributed by atoms with Gasteiger partial charge in [-0.15, -0.1) is 0 Å². The van der Waals surface area contributed by atoms with Crippen molar-refractivity contribution < 1.29 is 14.3 Å². The standard InChI is InChI=1S/C19H21N5O3/c1-26-15-4-2-14(3-5-15)6-8-23-19(25)24-11-7-16(13-24)27-18-17(12-20)21-9-10-22-18/h2-5,9-10,16H,6-8,11,13H2,1H3,(H,23,25). The van der Waals surface area contributed by atoms with Gasteiger partial charge >= 0.3 is 6.03 Å². The van der Waals surface area contributed by atoms with Gasteiger partial charge in [-0.2, -0.15) is 5.26 Å². The van der Waals surface area contributed by atoms with Gasteiger partial charge in [0.25, 0.3) is 5.88 Å². The van der Waals surface area contributed by atoms with Gasteiger partial charge in [0.2, 0.25) is 5.69 Å². The first-order valence-corrected chi connectivity index (χ1v) is 8.73. The Hall–Kier alpha value is -3.34. The van der Waals surface area contributed by atoms with Crippen LogP contribution < -0.4 is 14.8 Å². The van der Waals surface area contributed by atoms with E-state index in [0.717, 1.165) is 17.7 Å². The molecular weight excluding hydrogens is 346 g/mol. The third kappa shape index (κ3) is 4.85. The van der Waals surface area contributed by atoms with Crippen LogP contribution in [0.5, 0.6) is 11.6 Å². The van der Waals surface area contributed by atoms with E-state index in [4.69, 9.17) is 14.7 Å². The Balaban J connectivity index is 1.44. The molecule has 2 aromatic rings. The van der Waals surface area contributed by atoms with E-state index in [-0.39, 0.29) is 23.7 Å². The highest BCUT2D eigenvalue weighted by Gasteiger charge is 2.28. The normalized spacial score (nSPS) is 15.9. The van der Waals surface area contributed by atoms with Crippen LogP contribution in [-0.4, -0.2) is 53.7 Å². The number of nitriles is 1. The lowest BCUT2D eigenvalue weighted by molar-refractivity contribution is 0.182. The quantitative estimate of drug-likeness (QED) is 0.835. The van der Waals surface area contributed by atoms with Gasteiger partial charge in [0.05, 0.1) is 13.7 Å². The summed E-state index contributed by atoms with van der Waals surface area (Å²) in [5, 5.41) is 12.0. The van der Waals surface area contributed by atoms with Gasteiger partial charge in [-0.25, -0.2) is 14.8 Å². The lowest BCUT2D eigenvalue weighted by Crippen LogP contribution is -2.40. The van der Waals surface area contributed by atoms with Crippen molar-refractivity contribution in [2.45, 2.75) is 18.9 Å². The molecule has 1 unspecified atom stereocenters. The number of amides is 2. The van der Waals surface area contributed by atoms with Crippen LogP contribution >= 0.6 is 0 Å². The Kier molecular flexibility index (Phi) is 6.05. The molecule has 0 radical (unpaired) electrons. The number of nitrogens with one attached hydrogen (secondary N) is 1. The van der Waals surface area contributed by atoms with Gasteiger partial charge in [-0.3, -0.25) is 0 Å². The molecule has 1 aromatic carbocycles. The lowest BCUT2D eigenvalue weighted by Gasteiger charge is -2.18. The molecule has 2 heterocycles. The number of ether oxygens (including phenoxy) is 2. The highest BCUT2D eigenvalue weighted by molar-refractivity contribution is 5.74. The van der Waals surface area contributed by atoms with Crippen LogP contribution in [-0.2, 0) is 6.42 Å². The van der Waals surface area contributed by atoms with Crippen molar-refractivity contribution >= 4 is 6.03 Å². The van der Waals surface area contributed by atoms with Crippen LogP contribution in [0.1, 0.15) is 17.7 Å². The third-order valence-electron chi connectivity index (χ3n) is 4.33. The highest BCUT2D eigenvalue weighted by atomic mass is 16.5. The second-order valence-corrected chi connectivity index (χ2v) is 6.13. The SMILES string of the molecule is COc1ccc(CCNC(=O)N2CCC(Oc3nccnc3C#N)C2)cc1. The van der Waals surface area contributed by atoms with Crippen molar-refractivity contribution in [1.82, 2.24) is 20.2 Å². The zero-order valence-corrected chi connectivity index (χ0v) is 15.1. The first-order chi connectivity index (χ1) is 13.2. The van der Waals surface area contributed by atoms with Gasteiger partial charge < -0.3 is 19.7 Å². The van der Waals surface area contributed by atoms with Gasteiger partial charge in [0.1, 0.15) is 17.9 Å². The summed E-state index contributed by atoms with van der Waals surface area (Å²) in [4.78, 5) is 22.0. The molecule has 1 saturated heterocycles. The van der Waals surface area contributed by atoms with Crippen LogP contribution in [0.25, 0.3) is 0 Å². The monoisotopic (exact) mass is 367 g/mol. The van der Waals surface area contributed by atoms with E-state index in [1.54, 1.807) is 12.0 Å².